The minimum Gasteiger partial charge on any atom is -0.391 e. The summed E-state index contributed by atoms with van der Waals surface area (Å²) < 4.78 is 5.34. The lowest BCUT2D eigenvalue weighted by Crippen LogP contribution is -1.99. The van der Waals surface area contributed by atoms with Crippen LogP contribution in [0.25, 0.3) is 0 Å². The molecule has 0 bridgehead atoms. The highest BCUT2D eigenvalue weighted by atomic mass is 32.2. The van der Waals surface area contributed by atoms with E-state index in [0.717, 1.165) is 12.2 Å². The Labute approximate surface area is 226 Å². The molecule has 2 nitrogen and oxygen atoms in total. The van der Waals surface area contributed by atoms with Gasteiger partial charge in [-0.2, -0.15) is 0 Å². The van der Waals surface area contributed by atoms with Gasteiger partial charge < -0.3 is 4.18 Å². The fourth-order valence-electron chi connectivity index (χ4n) is 4.79. The largest absolute Gasteiger partial charge is 0.391 e. The first-order valence-corrected chi connectivity index (χ1v) is 17.0. The summed E-state index contributed by atoms with van der Waals surface area (Å²) in [4.78, 5) is 11.8. The molecule has 3 heteroatoms. The molecule has 0 amide bonds. The summed E-state index contributed by atoms with van der Waals surface area (Å²) in [7, 11) is 0. The van der Waals surface area contributed by atoms with Gasteiger partial charge >= 0.3 is 5.97 Å². The second-order valence-electron chi connectivity index (χ2n) is 10.9. The summed E-state index contributed by atoms with van der Waals surface area (Å²) in [5.41, 5.74) is 0. The number of hydrogen-bond acceptors (Lipinski definition) is 3. The highest BCUT2D eigenvalue weighted by Crippen LogP contribution is 2.16. The summed E-state index contributed by atoms with van der Waals surface area (Å²) in [6.45, 7) is 4.57. The molecule has 0 aromatic heterocycles. The normalized spacial score (nSPS) is 11.3. The van der Waals surface area contributed by atoms with Gasteiger partial charge in [0.25, 0.3) is 0 Å². The predicted molar refractivity (Wildman–Crippen MR) is 159 cm³/mol. The van der Waals surface area contributed by atoms with E-state index in [-0.39, 0.29) is 5.97 Å². The standard InChI is InChI=1S/C32H64O2S/c1-3-5-7-9-11-13-15-17-19-21-23-25-27-29-31-35-34-32(33)30-28-26-24-22-20-18-16-14-12-10-8-6-4-2/h3-31H2,1-2H3. The fourth-order valence-corrected chi connectivity index (χ4v) is 5.41. The van der Waals surface area contributed by atoms with Crippen molar-refractivity contribution < 1.29 is 8.98 Å². The number of unbranched alkanes of at least 4 members (excludes halogenated alkanes) is 25. The first-order valence-electron chi connectivity index (χ1n) is 16.1. The fraction of sp³-hybridized carbons (Fsp3) is 0.969. The zero-order valence-electron chi connectivity index (χ0n) is 24.2. The molecule has 0 aromatic carbocycles. The third kappa shape index (κ3) is 31.8. The number of carbonyl (C=O) groups is 1. The molecule has 0 aromatic rings. The van der Waals surface area contributed by atoms with Crippen LogP contribution in [0, 0.1) is 0 Å². The molecule has 0 N–H and O–H groups in total. The molecule has 0 aliphatic heterocycles. The minimum atomic E-state index is -0.0107. The molecule has 0 unspecified atom stereocenters. The lowest BCUT2D eigenvalue weighted by atomic mass is 10.0. The molecule has 0 aliphatic carbocycles. The van der Waals surface area contributed by atoms with E-state index in [0.29, 0.717) is 6.42 Å². The van der Waals surface area contributed by atoms with Crippen LogP contribution in [-0.4, -0.2) is 11.7 Å². The average Bonchev–Trinajstić information content (AvgIpc) is 2.86. The van der Waals surface area contributed by atoms with Crippen molar-refractivity contribution in [3.63, 3.8) is 0 Å². The van der Waals surface area contributed by atoms with Gasteiger partial charge in [0.1, 0.15) is 0 Å². The van der Waals surface area contributed by atoms with E-state index in [1.54, 1.807) is 0 Å². The van der Waals surface area contributed by atoms with Crippen molar-refractivity contribution in [3.8, 4) is 0 Å². The maximum absolute atomic E-state index is 11.8. The van der Waals surface area contributed by atoms with Crippen LogP contribution in [0.1, 0.15) is 194 Å². The quantitative estimate of drug-likeness (QED) is 0.0707. The van der Waals surface area contributed by atoms with Crippen LogP contribution in [0.4, 0.5) is 0 Å². The van der Waals surface area contributed by atoms with Crippen LogP contribution < -0.4 is 0 Å². The van der Waals surface area contributed by atoms with Crippen molar-refractivity contribution in [2.45, 2.75) is 194 Å². The van der Waals surface area contributed by atoms with Crippen molar-refractivity contribution in [3.05, 3.63) is 0 Å². The van der Waals surface area contributed by atoms with Crippen LogP contribution in [0.15, 0.2) is 0 Å². The predicted octanol–water partition coefficient (Wildman–Crippen LogP) is 12.1. The molecular weight excluding hydrogens is 448 g/mol. The van der Waals surface area contributed by atoms with Gasteiger partial charge in [0.2, 0.25) is 0 Å². The van der Waals surface area contributed by atoms with Crippen LogP contribution >= 0.6 is 12.0 Å². The first-order chi connectivity index (χ1) is 17.3. The van der Waals surface area contributed by atoms with Crippen molar-refractivity contribution in [1.29, 1.82) is 0 Å². The van der Waals surface area contributed by atoms with E-state index < -0.39 is 0 Å². The molecule has 0 saturated heterocycles. The third-order valence-corrected chi connectivity index (χ3v) is 7.98. The van der Waals surface area contributed by atoms with Gasteiger partial charge in [0.05, 0.1) is 12.0 Å². The Bertz CT molecular complexity index is 399. The highest BCUT2D eigenvalue weighted by Gasteiger charge is 2.03. The van der Waals surface area contributed by atoms with Crippen LogP contribution in [0.5, 0.6) is 0 Å². The van der Waals surface area contributed by atoms with Gasteiger partial charge in [-0.25, -0.2) is 0 Å². The summed E-state index contributed by atoms with van der Waals surface area (Å²) in [6.07, 6.45) is 37.4. The zero-order valence-corrected chi connectivity index (χ0v) is 25.0. The zero-order chi connectivity index (χ0) is 25.5. The lowest BCUT2D eigenvalue weighted by Gasteiger charge is -2.05. The van der Waals surface area contributed by atoms with Gasteiger partial charge in [0, 0.05) is 12.2 Å². The van der Waals surface area contributed by atoms with Crippen molar-refractivity contribution in [2.75, 3.05) is 5.75 Å². The Hall–Kier alpha value is -0.180. The average molecular weight is 513 g/mol. The Balaban J connectivity index is 3.14. The smallest absolute Gasteiger partial charge is 0.317 e. The maximum atomic E-state index is 11.8. The number of carbonyl (C=O) groups excluding carboxylic acids is 1. The molecule has 0 spiro atoms. The van der Waals surface area contributed by atoms with E-state index in [9.17, 15) is 4.79 Å². The molecular formula is C32H64O2S. The second-order valence-corrected chi connectivity index (χ2v) is 11.7. The molecule has 0 aliphatic rings. The van der Waals surface area contributed by atoms with Crippen molar-refractivity contribution in [1.82, 2.24) is 0 Å². The molecule has 35 heavy (non-hydrogen) atoms. The summed E-state index contributed by atoms with van der Waals surface area (Å²) in [5, 5.41) is 0. The molecule has 0 atom stereocenters. The second kappa shape index (κ2) is 31.8. The molecule has 0 heterocycles. The first kappa shape index (κ1) is 34.8. The third-order valence-electron chi connectivity index (χ3n) is 7.22. The van der Waals surface area contributed by atoms with Crippen LogP contribution in [0.2, 0.25) is 0 Å². The van der Waals surface area contributed by atoms with Gasteiger partial charge in [-0.05, 0) is 12.8 Å². The Morgan fingerprint density at radius 1 is 0.429 bits per heavy atom. The molecule has 0 saturated carbocycles. The lowest BCUT2D eigenvalue weighted by molar-refractivity contribution is -0.133. The highest BCUT2D eigenvalue weighted by molar-refractivity contribution is 7.95. The number of hydrogen-bond donors (Lipinski definition) is 0. The summed E-state index contributed by atoms with van der Waals surface area (Å²) in [5.74, 6) is 0.950. The maximum Gasteiger partial charge on any atom is 0.317 e. The van der Waals surface area contributed by atoms with E-state index >= 15 is 0 Å². The number of rotatable bonds is 30. The topological polar surface area (TPSA) is 26.3 Å². The summed E-state index contributed by atoms with van der Waals surface area (Å²) >= 11 is 1.38. The molecule has 0 rings (SSSR count). The van der Waals surface area contributed by atoms with Gasteiger partial charge in [0.15, 0.2) is 0 Å². The van der Waals surface area contributed by atoms with Crippen LogP contribution in [-0.2, 0) is 8.98 Å². The Morgan fingerprint density at radius 3 is 1.06 bits per heavy atom. The van der Waals surface area contributed by atoms with E-state index in [1.165, 1.54) is 179 Å². The van der Waals surface area contributed by atoms with Crippen molar-refractivity contribution in [2.24, 2.45) is 0 Å². The monoisotopic (exact) mass is 512 g/mol. The van der Waals surface area contributed by atoms with E-state index in [4.69, 9.17) is 4.18 Å². The van der Waals surface area contributed by atoms with E-state index in [1.807, 2.05) is 0 Å². The van der Waals surface area contributed by atoms with Gasteiger partial charge in [-0.15, -0.1) is 0 Å². The Morgan fingerprint density at radius 2 is 0.714 bits per heavy atom. The minimum absolute atomic E-state index is 0.0107. The van der Waals surface area contributed by atoms with Gasteiger partial charge in [-0.3, -0.25) is 4.79 Å². The van der Waals surface area contributed by atoms with Gasteiger partial charge in [-0.1, -0.05) is 174 Å². The summed E-state index contributed by atoms with van der Waals surface area (Å²) in [6, 6.07) is 0. The van der Waals surface area contributed by atoms with Crippen molar-refractivity contribution >= 4 is 18.0 Å². The SMILES string of the molecule is CCCCCCCCCCCCCCCCSOC(=O)CCCCCCCCCCCCCCC. The molecule has 0 fully saturated rings. The molecule has 0 radical (unpaired) electrons. The molecule has 210 valence electrons. The Kier molecular flexibility index (Phi) is 31.7. The van der Waals surface area contributed by atoms with Crippen LogP contribution in [0.3, 0.4) is 0 Å². The van der Waals surface area contributed by atoms with E-state index in [2.05, 4.69) is 13.8 Å².